The predicted molar refractivity (Wildman–Crippen MR) is 122 cm³/mol. The highest BCUT2D eigenvalue weighted by molar-refractivity contribution is 5.91. The summed E-state index contributed by atoms with van der Waals surface area (Å²) < 4.78 is 33.0. The number of aliphatic hydroxyl groups excluding tert-OH is 4. The molecule has 2 unspecified atom stereocenters. The number of phenols is 1. The number of benzene rings is 1. The van der Waals surface area contributed by atoms with Crippen LogP contribution in [0.4, 0.5) is 0 Å². The van der Waals surface area contributed by atoms with E-state index in [2.05, 4.69) is 0 Å². The second kappa shape index (κ2) is 10.9. The highest BCUT2D eigenvalue weighted by atomic mass is 16.8. The van der Waals surface area contributed by atoms with Gasteiger partial charge in [-0.25, -0.2) is 4.79 Å². The molecule has 3 fully saturated rings. The van der Waals surface area contributed by atoms with E-state index in [1.165, 1.54) is 26.4 Å². The second-order valence-corrected chi connectivity index (χ2v) is 9.79. The van der Waals surface area contributed by atoms with Crippen LogP contribution in [-0.4, -0.2) is 113 Å². The van der Waals surface area contributed by atoms with Crippen molar-refractivity contribution in [2.45, 2.75) is 68.5 Å². The third-order valence-electron chi connectivity index (χ3n) is 7.39. The standard InChI is InChI=1S/C24H34O13/c1-24(31)8-14(35-21(30)10-6-12(32-2)17(26)13(7-10)33-3)11-4-5-34-22(16(11)24)37-23-20(29)19(28)18(27)15(9-25)36-23/h6-7,11,14-16,18-20,22-23,25-29,31H,4-5,8-9H2,1-3H3/t11?,14?,15-,16-,18+,19-,20+,22-,23+,24+/m0/s1. The summed E-state index contributed by atoms with van der Waals surface area (Å²) in [6.07, 6.45) is -8.75. The van der Waals surface area contributed by atoms with E-state index in [4.69, 9.17) is 28.4 Å². The van der Waals surface area contributed by atoms with E-state index >= 15 is 0 Å². The van der Waals surface area contributed by atoms with Crippen molar-refractivity contribution >= 4 is 5.97 Å². The zero-order valence-corrected chi connectivity index (χ0v) is 20.7. The molecule has 208 valence electrons. The number of fused-ring (bicyclic) bond motifs is 1. The molecule has 0 bridgehead atoms. The maximum absolute atomic E-state index is 13.0. The monoisotopic (exact) mass is 530 g/mol. The van der Waals surface area contributed by atoms with Gasteiger partial charge in [-0.15, -0.1) is 0 Å². The van der Waals surface area contributed by atoms with Gasteiger partial charge in [0.25, 0.3) is 0 Å². The lowest BCUT2D eigenvalue weighted by atomic mass is 9.83. The van der Waals surface area contributed by atoms with Gasteiger partial charge in [-0.1, -0.05) is 0 Å². The highest BCUT2D eigenvalue weighted by Crippen LogP contribution is 2.49. The van der Waals surface area contributed by atoms with Crippen molar-refractivity contribution in [2.75, 3.05) is 27.4 Å². The number of phenolic OH excluding ortho intramolecular Hbond substituents is 1. The molecular formula is C24H34O13. The van der Waals surface area contributed by atoms with Crippen molar-refractivity contribution in [3.05, 3.63) is 17.7 Å². The number of carbonyl (C=O) groups excluding carboxylic acids is 1. The van der Waals surface area contributed by atoms with Crippen LogP contribution in [0.25, 0.3) is 0 Å². The van der Waals surface area contributed by atoms with E-state index < -0.39 is 67.2 Å². The summed E-state index contributed by atoms with van der Waals surface area (Å²) in [4.78, 5) is 13.0. The molecule has 6 N–H and O–H groups in total. The third kappa shape index (κ3) is 5.22. The Morgan fingerprint density at radius 2 is 1.73 bits per heavy atom. The zero-order chi connectivity index (χ0) is 27.1. The first kappa shape index (κ1) is 27.8. The van der Waals surface area contributed by atoms with Gasteiger partial charge in [-0.3, -0.25) is 0 Å². The Morgan fingerprint density at radius 3 is 2.32 bits per heavy atom. The summed E-state index contributed by atoms with van der Waals surface area (Å²) in [6.45, 7) is 1.13. The lowest BCUT2D eigenvalue weighted by molar-refractivity contribution is -0.357. The Kier molecular flexibility index (Phi) is 8.16. The van der Waals surface area contributed by atoms with Crippen molar-refractivity contribution in [1.29, 1.82) is 0 Å². The number of hydrogen-bond donors (Lipinski definition) is 6. The summed E-state index contributed by atoms with van der Waals surface area (Å²) in [5.41, 5.74) is -1.32. The lowest BCUT2D eigenvalue weighted by Gasteiger charge is -2.44. The molecule has 1 aromatic carbocycles. The summed E-state index contributed by atoms with van der Waals surface area (Å²) in [5.74, 6) is -2.00. The number of hydrogen-bond acceptors (Lipinski definition) is 13. The fraction of sp³-hybridized carbons (Fsp3) is 0.708. The molecule has 0 aromatic heterocycles. The molecule has 1 aliphatic carbocycles. The molecule has 10 atom stereocenters. The second-order valence-electron chi connectivity index (χ2n) is 9.79. The highest BCUT2D eigenvalue weighted by Gasteiger charge is 2.58. The largest absolute Gasteiger partial charge is 0.502 e. The molecule has 37 heavy (non-hydrogen) atoms. The van der Waals surface area contributed by atoms with E-state index in [-0.39, 0.29) is 41.8 Å². The summed E-state index contributed by atoms with van der Waals surface area (Å²) in [5, 5.41) is 61.2. The average Bonchev–Trinajstić information content (AvgIpc) is 3.14. The minimum absolute atomic E-state index is 0.0293. The van der Waals surface area contributed by atoms with Gasteiger partial charge >= 0.3 is 5.97 Å². The van der Waals surface area contributed by atoms with Crippen molar-refractivity contribution in [1.82, 2.24) is 0 Å². The molecule has 13 nitrogen and oxygen atoms in total. The van der Waals surface area contributed by atoms with Gasteiger partial charge in [0, 0.05) is 18.3 Å². The number of esters is 1. The summed E-state index contributed by atoms with van der Waals surface area (Å²) in [7, 11) is 2.67. The first-order valence-electron chi connectivity index (χ1n) is 12.0. The topological polar surface area (TPSA) is 194 Å². The van der Waals surface area contributed by atoms with Crippen LogP contribution in [0.2, 0.25) is 0 Å². The third-order valence-corrected chi connectivity index (χ3v) is 7.39. The van der Waals surface area contributed by atoms with Gasteiger partial charge in [0.15, 0.2) is 24.1 Å². The molecule has 0 spiro atoms. The van der Waals surface area contributed by atoms with Crippen LogP contribution in [0.15, 0.2) is 12.1 Å². The van der Waals surface area contributed by atoms with Gasteiger partial charge in [0.2, 0.25) is 5.75 Å². The van der Waals surface area contributed by atoms with Gasteiger partial charge in [0.1, 0.15) is 30.5 Å². The van der Waals surface area contributed by atoms with Crippen molar-refractivity contribution in [2.24, 2.45) is 11.8 Å². The number of ether oxygens (including phenoxy) is 6. The fourth-order valence-electron chi connectivity index (χ4n) is 5.45. The van der Waals surface area contributed by atoms with E-state index in [1.807, 2.05) is 0 Å². The van der Waals surface area contributed by atoms with E-state index in [1.54, 1.807) is 6.92 Å². The van der Waals surface area contributed by atoms with E-state index in [0.29, 0.717) is 6.42 Å². The Morgan fingerprint density at radius 1 is 1.08 bits per heavy atom. The van der Waals surface area contributed by atoms with Crippen LogP contribution in [0.3, 0.4) is 0 Å². The molecule has 1 saturated carbocycles. The quantitative estimate of drug-likeness (QED) is 0.233. The van der Waals surface area contributed by atoms with Crippen LogP contribution in [0.1, 0.15) is 30.1 Å². The predicted octanol–water partition coefficient (Wildman–Crippen LogP) is -1.12. The van der Waals surface area contributed by atoms with Crippen LogP contribution >= 0.6 is 0 Å². The summed E-state index contributed by atoms with van der Waals surface area (Å²) in [6, 6.07) is 2.64. The van der Waals surface area contributed by atoms with Gasteiger partial charge in [-0.2, -0.15) is 0 Å². The molecule has 2 saturated heterocycles. The first-order valence-corrected chi connectivity index (χ1v) is 12.0. The van der Waals surface area contributed by atoms with Crippen molar-refractivity contribution in [3.8, 4) is 17.2 Å². The first-order chi connectivity index (χ1) is 17.5. The van der Waals surface area contributed by atoms with Gasteiger partial charge < -0.3 is 59.1 Å². The Balaban J connectivity index is 1.51. The van der Waals surface area contributed by atoms with Crippen molar-refractivity contribution in [3.63, 3.8) is 0 Å². The number of methoxy groups -OCH3 is 2. The normalized spacial score (nSPS) is 39.6. The molecular weight excluding hydrogens is 496 g/mol. The van der Waals surface area contributed by atoms with Crippen LogP contribution in [-0.2, 0) is 18.9 Å². The van der Waals surface area contributed by atoms with Crippen LogP contribution < -0.4 is 9.47 Å². The Hall–Kier alpha value is -2.23. The fourth-order valence-corrected chi connectivity index (χ4v) is 5.45. The number of carbonyl (C=O) groups is 1. The lowest BCUT2D eigenvalue weighted by Crippen LogP contribution is -2.61. The average molecular weight is 531 g/mol. The SMILES string of the molecule is COc1cc(C(=O)OC2C[C@@](C)(O)[C@H]3C2CCO[C@H]3O[C@H]2O[C@@H](CO)[C@@H](O)[C@H](O)[C@H]2O)cc(OC)c1O. The summed E-state index contributed by atoms with van der Waals surface area (Å²) >= 11 is 0. The molecule has 4 rings (SSSR count). The van der Waals surface area contributed by atoms with E-state index in [0.717, 1.165) is 0 Å². The van der Waals surface area contributed by atoms with Crippen LogP contribution in [0, 0.1) is 11.8 Å². The van der Waals surface area contributed by atoms with Gasteiger partial charge in [-0.05, 0) is 25.5 Å². The number of aliphatic hydroxyl groups is 5. The molecule has 0 amide bonds. The maximum Gasteiger partial charge on any atom is 0.338 e. The molecule has 1 aromatic rings. The molecule has 3 aliphatic rings. The molecule has 2 aliphatic heterocycles. The molecule has 13 heteroatoms. The van der Waals surface area contributed by atoms with Crippen molar-refractivity contribution < 1.29 is 63.9 Å². The number of aromatic hydroxyl groups is 1. The van der Waals surface area contributed by atoms with Gasteiger partial charge in [0.05, 0.1) is 38.6 Å². The Labute approximate surface area is 213 Å². The minimum atomic E-state index is -1.64. The maximum atomic E-state index is 13.0. The minimum Gasteiger partial charge on any atom is -0.502 e. The smallest absolute Gasteiger partial charge is 0.338 e. The molecule has 2 heterocycles. The van der Waals surface area contributed by atoms with E-state index in [9.17, 15) is 35.4 Å². The Bertz CT molecular complexity index is 941. The molecule has 0 radical (unpaired) electrons. The van der Waals surface area contributed by atoms with Crippen LogP contribution in [0.5, 0.6) is 17.2 Å². The zero-order valence-electron chi connectivity index (χ0n) is 20.7. The number of rotatable bonds is 7.